The van der Waals surface area contributed by atoms with Gasteiger partial charge < -0.3 is 14.2 Å². The average Bonchev–Trinajstić information content (AvgIpc) is 3.05. The lowest BCUT2D eigenvalue weighted by molar-refractivity contribution is -0.131. The molecular formula is C22H26ClN5O3. The molecular weight excluding hydrogens is 418 g/mol. The molecule has 0 bridgehead atoms. The summed E-state index contributed by atoms with van der Waals surface area (Å²) in [7, 11) is 0. The molecule has 1 saturated heterocycles. The number of halogens is 1. The van der Waals surface area contributed by atoms with Crippen LogP contribution in [0.4, 0.5) is 5.82 Å². The molecule has 4 rings (SSSR count). The molecule has 0 saturated carbocycles. The van der Waals surface area contributed by atoms with E-state index in [1.54, 1.807) is 18.2 Å². The largest absolute Gasteiger partial charge is 0.419 e. The maximum absolute atomic E-state index is 12.8. The zero-order valence-electron chi connectivity index (χ0n) is 18.0. The van der Waals surface area contributed by atoms with Gasteiger partial charge in [0.25, 0.3) is 0 Å². The van der Waals surface area contributed by atoms with Crippen LogP contribution in [0.2, 0.25) is 5.02 Å². The summed E-state index contributed by atoms with van der Waals surface area (Å²) in [6.07, 6.45) is 0.237. The van der Waals surface area contributed by atoms with Crippen molar-refractivity contribution in [1.29, 1.82) is 0 Å². The zero-order valence-corrected chi connectivity index (χ0v) is 18.7. The number of anilines is 1. The molecule has 2 aromatic heterocycles. The van der Waals surface area contributed by atoms with Crippen LogP contribution in [0.3, 0.4) is 0 Å². The fourth-order valence-corrected chi connectivity index (χ4v) is 3.96. The summed E-state index contributed by atoms with van der Waals surface area (Å²) in [6, 6.07) is 7.04. The summed E-state index contributed by atoms with van der Waals surface area (Å²) in [5.74, 6) is 1.57. The fourth-order valence-electron chi connectivity index (χ4n) is 3.80. The average molecular weight is 444 g/mol. The highest BCUT2D eigenvalue weighted by Gasteiger charge is 2.23. The lowest BCUT2D eigenvalue weighted by atomic mass is 10.2. The number of piperazine rings is 1. The van der Waals surface area contributed by atoms with E-state index < -0.39 is 5.76 Å². The smallest absolute Gasteiger partial charge is 0.408 e. The van der Waals surface area contributed by atoms with Crippen LogP contribution in [0.5, 0.6) is 0 Å². The molecule has 31 heavy (non-hydrogen) atoms. The maximum atomic E-state index is 12.8. The minimum absolute atomic E-state index is 0.0246. The Hall–Kier alpha value is -2.87. The lowest BCUT2D eigenvalue weighted by Crippen LogP contribution is -2.49. The van der Waals surface area contributed by atoms with Crippen LogP contribution in [0, 0.1) is 6.92 Å². The summed E-state index contributed by atoms with van der Waals surface area (Å²) in [6.45, 7) is 9.09. The van der Waals surface area contributed by atoms with Crippen molar-refractivity contribution in [1.82, 2.24) is 19.4 Å². The summed E-state index contributed by atoms with van der Waals surface area (Å²) in [4.78, 5) is 38.1. The lowest BCUT2D eigenvalue weighted by Gasteiger charge is -2.35. The quantitative estimate of drug-likeness (QED) is 0.602. The Morgan fingerprint density at radius 3 is 2.61 bits per heavy atom. The number of hydrogen-bond acceptors (Lipinski definition) is 6. The van der Waals surface area contributed by atoms with Crippen molar-refractivity contribution >= 4 is 34.4 Å². The second-order valence-electron chi connectivity index (χ2n) is 8.13. The fraction of sp³-hybridized carbons (Fsp3) is 0.455. The Morgan fingerprint density at radius 1 is 1.16 bits per heavy atom. The maximum Gasteiger partial charge on any atom is 0.419 e. The summed E-state index contributed by atoms with van der Waals surface area (Å²) in [5, 5.41) is 0.502. The number of rotatable bonds is 5. The van der Waals surface area contributed by atoms with Crippen molar-refractivity contribution in [3.8, 4) is 0 Å². The van der Waals surface area contributed by atoms with Gasteiger partial charge in [-0.1, -0.05) is 25.4 Å². The normalized spacial score (nSPS) is 14.6. The van der Waals surface area contributed by atoms with E-state index in [9.17, 15) is 9.59 Å². The van der Waals surface area contributed by atoms with Gasteiger partial charge in [0.1, 0.15) is 11.6 Å². The van der Waals surface area contributed by atoms with Crippen LogP contribution < -0.4 is 10.7 Å². The summed E-state index contributed by atoms with van der Waals surface area (Å²) in [5.41, 5.74) is 2.03. The molecule has 9 heteroatoms. The molecule has 8 nitrogen and oxygen atoms in total. The van der Waals surface area contributed by atoms with E-state index in [0.717, 1.165) is 17.3 Å². The minimum atomic E-state index is -0.477. The number of benzene rings is 1. The number of aromatic nitrogens is 3. The Balaban J connectivity index is 1.37. The molecule has 164 valence electrons. The first kappa shape index (κ1) is 21.4. The monoisotopic (exact) mass is 443 g/mol. The highest BCUT2D eigenvalue weighted by atomic mass is 35.5. The van der Waals surface area contributed by atoms with E-state index in [2.05, 4.69) is 23.7 Å². The third-order valence-electron chi connectivity index (χ3n) is 5.51. The third kappa shape index (κ3) is 4.58. The Morgan fingerprint density at radius 2 is 1.90 bits per heavy atom. The van der Waals surface area contributed by atoms with E-state index in [4.69, 9.17) is 21.0 Å². The van der Waals surface area contributed by atoms with Gasteiger partial charge in [-0.2, -0.15) is 0 Å². The van der Waals surface area contributed by atoms with Gasteiger partial charge in [-0.3, -0.25) is 9.36 Å². The van der Waals surface area contributed by atoms with Gasteiger partial charge in [0, 0.05) is 67.9 Å². The van der Waals surface area contributed by atoms with Gasteiger partial charge >= 0.3 is 5.76 Å². The molecule has 1 fully saturated rings. The van der Waals surface area contributed by atoms with Crippen molar-refractivity contribution in [3.05, 3.63) is 51.4 Å². The van der Waals surface area contributed by atoms with Gasteiger partial charge in [-0.25, -0.2) is 14.8 Å². The number of aryl methyl sites for hydroxylation is 2. The summed E-state index contributed by atoms with van der Waals surface area (Å²) < 4.78 is 6.72. The molecule has 0 atom stereocenters. The van der Waals surface area contributed by atoms with Crippen LogP contribution in [0.25, 0.3) is 11.1 Å². The molecule has 0 aliphatic carbocycles. The number of carbonyl (C=O) groups excluding carboxylic acids is 1. The number of nitrogens with zero attached hydrogens (tertiary/aromatic N) is 5. The second kappa shape index (κ2) is 8.70. The van der Waals surface area contributed by atoms with Crippen molar-refractivity contribution in [3.63, 3.8) is 0 Å². The minimum Gasteiger partial charge on any atom is -0.408 e. The van der Waals surface area contributed by atoms with Crippen molar-refractivity contribution in [2.45, 2.75) is 39.7 Å². The Bertz CT molecular complexity index is 1160. The number of carbonyl (C=O) groups is 1. The van der Waals surface area contributed by atoms with E-state index >= 15 is 0 Å². The second-order valence-corrected chi connectivity index (χ2v) is 8.57. The first-order valence-electron chi connectivity index (χ1n) is 10.5. The molecule has 3 heterocycles. The highest BCUT2D eigenvalue weighted by molar-refractivity contribution is 6.31. The van der Waals surface area contributed by atoms with Crippen molar-refractivity contribution < 1.29 is 9.21 Å². The molecule has 0 N–H and O–H groups in total. The Kier molecular flexibility index (Phi) is 6.00. The predicted molar refractivity (Wildman–Crippen MR) is 120 cm³/mol. The number of fused-ring (bicyclic) bond motifs is 1. The van der Waals surface area contributed by atoms with Crippen LogP contribution in [-0.4, -0.2) is 51.5 Å². The van der Waals surface area contributed by atoms with Crippen LogP contribution >= 0.6 is 11.6 Å². The topological polar surface area (TPSA) is 84.5 Å². The van der Waals surface area contributed by atoms with Crippen LogP contribution in [0.15, 0.2) is 33.5 Å². The molecule has 1 aliphatic rings. The number of hydrogen-bond donors (Lipinski definition) is 0. The number of oxazole rings is 1. The van der Waals surface area contributed by atoms with E-state index in [1.165, 1.54) is 4.57 Å². The van der Waals surface area contributed by atoms with Gasteiger partial charge in [-0.15, -0.1) is 0 Å². The standard InChI is InChI=1S/C22H26ClN5O3/c1-14(2)21-24-15(3)12-19(25-21)26-8-10-27(11-9-26)20(29)6-7-28-17-5-4-16(23)13-18(17)31-22(28)30/h4-5,12-14H,6-11H2,1-3H3. The molecule has 0 radical (unpaired) electrons. The summed E-state index contributed by atoms with van der Waals surface area (Å²) >= 11 is 5.95. The van der Waals surface area contributed by atoms with Crippen molar-refractivity contribution in [2.24, 2.45) is 0 Å². The van der Waals surface area contributed by atoms with E-state index in [0.29, 0.717) is 42.3 Å². The first-order chi connectivity index (χ1) is 14.8. The van der Waals surface area contributed by atoms with E-state index in [-0.39, 0.29) is 24.8 Å². The molecule has 1 amide bonds. The Labute approximate surface area is 185 Å². The molecule has 0 spiro atoms. The van der Waals surface area contributed by atoms with E-state index in [1.807, 2.05) is 17.9 Å². The molecule has 1 aliphatic heterocycles. The predicted octanol–water partition coefficient (Wildman–Crippen LogP) is 3.21. The van der Waals surface area contributed by atoms with Gasteiger partial charge in [0.2, 0.25) is 5.91 Å². The molecule has 3 aromatic rings. The highest BCUT2D eigenvalue weighted by Crippen LogP contribution is 2.20. The first-order valence-corrected chi connectivity index (χ1v) is 10.9. The zero-order chi connectivity index (χ0) is 22.1. The van der Waals surface area contributed by atoms with Gasteiger partial charge in [-0.05, 0) is 19.1 Å². The van der Waals surface area contributed by atoms with Crippen LogP contribution in [-0.2, 0) is 11.3 Å². The SMILES string of the molecule is Cc1cc(N2CCN(C(=O)CCn3c(=O)oc4cc(Cl)ccc43)CC2)nc(C(C)C)n1. The van der Waals surface area contributed by atoms with Gasteiger partial charge in [0.15, 0.2) is 5.58 Å². The number of amides is 1. The van der Waals surface area contributed by atoms with Gasteiger partial charge in [0.05, 0.1) is 5.52 Å². The molecule has 1 aromatic carbocycles. The molecule has 0 unspecified atom stereocenters. The van der Waals surface area contributed by atoms with Crippen molar-refractivity contribution in [2.75, 3.05) is 31.1 Å². The third-order valence-corrected chi connectivity index (χ3v) is 5.75. The van der Waals surface area contributed by atoms with Crippen LogP contribution in [0.1, 0.15) is 37.7 Å².